The van der Waals surface area contributed by atoms with Gasteiger partial charge in [-0.15, -0.1) is 0 Å². The van der Waals surface area contributed by atoms with Gasteiger partial charge in [0.1, 0.15) is 12.1 Å². The second-order valence-electron chi connectivity index (χ2n) is 11.9. The summed E-state index contributed by atoms with van der Waals surface area (Å²) >= 11 is 0. The molecule has 0 saturated carbocycles. The molecule has 4 aromatic carbocycles. The van der Waals surface area contributed by atoms with Crippen LogP contribution in [-0.4, -0.2) is 55.5 Å². The number of nitrogens with zero attached hydrogens (tertiary/aromatic N) is 4. The monoisotopic (exact) mass is 582 g/mol. The fraction of sp³-hybridized carbons (Fsp3) is 0.222. The van der Waals surface area contributed by atoms with Crippen LogP contribution in [0.15, 0.2) is 121 Å². The van der Waals surface area contributed by atoms with Gasteiger partial charge in [-0.05, 0) is 22.3 Å². The molecule has 0 spiro atoms. The van der Waals surface area contributed by atoms with E-state index in [0.29, 0.717) is 0 Å². The number of hydrogen-bond acceptors (Lipinski definition) is 6. The van der Waals surface area contributed by atoms with Gasteiger partial charge < -0.3 is 0 Å². The molecule has 4 aliphatic heterocycles. The Labute approximate surface area is 255 Å². The van der Waals surface area contributed by atoms with Crippen LogP contribution in [0.1, 0.15) is 34.3 Å². The van der Waals surface area contributed by atoms with Crippen molar-refractivity contribution in [1.82, 2.24) is 19.8 Å². The molecule has 0 aromatic heterocycles. The molecule has 44 heavy (non-hydrogen) atoms. The summed E-state index contributed by atoms with van der Waals surface area (Å²) in [6.45, 7) is 0.346. The number of hydrogen-bond donors (Lipinski definition) is 0. The molecule has 0 N–H and O–H groups in total. The highest BCUT2D eigenvalue weighted by molar-refractivity contribution is 6.10. The van der Waals surface area contributed by atoms with Crippen molar-refractivity contribution in [3.8, 4) is 0 Å². The number of carbonyl (C=O) groups is 4. The van der Waals surface area contributed by atoms with Gasteiger partial charge in [-0.2, -0.15) is 0 Å². The fourth-order valence-corrected chi connectivity index (χ4v) is 7.76. The molecule has 4 aromatic rings. The summed E-state index contributed by atoms with van der Waals surface area (Å²) < 4.78 is 0. The van der Waals surface area contributed by atoms with Crippen molar-refractivity contribution in [3.05, 3.63) is 144 Å². The van der Waals surface area contributed by atoms with Crippen LogP contribution >= 0.6 is 0 Å². The van der Waals surface area contributed by atoms with Crippen LogP contribution in [0.2, 0.25) is 0 Å². The Morgan fingerprint density at radius 2 is 0.705 bits per heavy atom. The molecule has 4 aliphatic rings. The highest BCUT2D eigenvalue weighted by atomic mass is 16.2. The Hall–Kier alpha value is -4.92. The molecule has 8 nitrogen and oxygen atoms in total. The number of amides is 4. The van der Waals surface area contributed by atoms with Crippen molar-refractivity contribution in [1.29, 1.82) is 0 Å². The summed E-state index contributed by atoms with van der Waals surface area (Å²) in [5.74, 6) is -2.57. The average molecular weight is 583 g/mol. The molecule has 8 heteroatoms. The van der Waals surface area contributed by atoms with Gasteiger partial charge in [0.2, 0.25) is 23.6 Å². The van der Waals surface area contributed by atoms with Gasteiger partial charge in [0.05, 0.1) is 37.0 Å². The normalized spacial score (nSPS) is 28.1. The maximum atomic E-state index is 14.3. The Kier molecular flexibility index (Phi) is 6.29. The molecule has 218 valence electrons. The van der Waals surface area contributed by atoms with E-state index in [0.717, 1.165) is 22.3 Å². The van der Waals surface area contributed by atoms with Gasteiger partial charge in [0.25, 0.3) is 0 Å². The molecule has 4 saturated heterocycles. The minimum absolute atomic E-state index is 0.173. The zero-order chi connectivity index (χ0) is 29.9. The first-order valence-electron chi connectivity index (χ1n) is 15.0. The van der Waals surface area contributed by atoms with E-state index in [2.05, 4.69) is 0 Å². The highest BCUT2D eigenvalue weighted by Gasteiger charge is 2.73. The Balaban J connectivity index is 1.26. The number of benzene rings is 4. The number of hydrazine groups is 1. The topological polar surface area (TPSA) is 81.2 Å². The predicted octanol–water partition coefficient (Wildman–Crippen LogP) is 4.12. The SMILES string of the molecule is O=C1[C@@H]2[C@H](C(=O)N1Cc1ccccc1)N1[C@H](c3ccccc3)[C@@H]3C(=O)N(Cc4ccccc4)C(=O)[C@@H]3N1[C@H]2c1ccccc1. The zero-order valence-electron chi connectivity index (χ0n) is 23.8. The third-order valence-electron chi connectivity index (χ3n) is 9.56. The summed E-state index contributed by atoms with van der Waals surface area (Å²) in [6, 6.07) is 35.3. The number of likely N-dealkylation sites (tertiary alicyclic amines) is 2. The second kappa shape index (κ2) is 10.4. The first kappa shape index (κ1) is 26.7. The van der Waals surface area contributed by atoms with Crippen LogP contribution in [0.25, 0.3) is 0 Å². The summed E-state index contributed by atoms with van der Waals surface area (Å²) in [5, 5.41) is 3.85. The molecule has 4 heterocycles. The van der Waals surface area contributed by atoms with Crippen molar-refractivity contribution in [2.24, 2.45) is 11.8 Å². The number of imide groups is 2. The molecule has 4 fully saturated rings. The highest BCUT2D eigenvalue weighted by Crippen LogP contribution is 2.59. The first-order valence-corrected chi connectivity index (χ1v) is 15.0. The summed E-state index contributed by atoms with van der Waals surface area (Å²) in [7, 11) is 0. The molecular formula is C36H30N4O4. The van der Waals surface area contributed by atoms with E-state index in [9.17, 15) is 19.2 Å². The quantitative estimate of drug-likeness (QED) is 0.318. The van der Waals surface area contributed by atoms with E-state index in [1.54, 1.807) is 0 Å². The van der Waals surface area contributed by atoms with Crippen molar-refractivity contribution in [2.45, 2.75) is 37.3 Å². The molecule has 8 rings (SSSR count). The Morgan fingerprint density at radius 1 is 0.386 bits per heavy atom. The van der Waals surface area contributed by atoms with E-state index in [1.807, 2.05) is 131 Å². The lowest BCUT2D eigenvalue weighted by atomic mass is 9.84. The zero-order valence-corrected chi connectivity index (χ0v) is 23.8. The molecule has 6 atom stereocenters. The summed E-state index contributed by atoms with van der Waals surface area (Å²) in [4.78, 5) is 60.0. The Morgan fingerprint density at radius 3 is 1.05 bits per heavy atom. The van der Waals surface area contributed by atoms with Crippen LogP contribution in [-0.2, 0) is 32.3 Å². The number of carbonyl (C=O) groups excluding carboxylic acids is 4. The van der Waals surface area contributed by atoms with E-state index in [1.165, 1.54) is 9.80 Å². The first-order chi connectivity index (χ1) is 21.5. The third kappa shape index (κ3) is 3.91. The largest absolute Gasteiger partial charge is 0.276 e. The second-order valence-corrected chi connectivity index (χ2v) is 11.9. The number of rotatable bonds is 6. The summed E-state index contributed by atoms with van der Waals surface area (Å²) in [6.07, 6.45) is 0. The van der Waals surface area contributed by atoms with E-state index >= 15 is 0 Å². The smallest absolute Gasteiger partial charge is 0.249 e. The predicted molar refractivity (Wildman–Crippen MR) is 161 cm³/mol. The van der Waals surface area contributed by atoms with Gasteiger partial charge in [0.15, 0.2) is 0 Å². The van der Waals surface area contributed by atoms with Crippen LogP contribution in [0.4, 0.5) is 0 Å². The lowest BCUT2D eigenvalue weighted by molar-refractivity contribution is -0.153. The van der Waals surface area contributed by atoms with Crippen molar-refractivity contribution in [2.75, 3.05) is 0 Å². The average Bonchev–Trinajstić information content (AvgIpc) is 3.72. The minimum Gasteiger partial charge on any atom is -0.276 e. The maximum absolute atomic E-state index is 14.3. The fourth-order valence-electron chi connectivity index (χ4n) is 7.76. The van der Waals surface area contributed by atoms with Gasteiger partial charge >= 0.3 is 0 Å². The van der Waals surface area contributed by atoms with Crippen molar-refractivity contribution >= 4 is 23.6 Å². The van der Waals surface area contributed by atoms with E-state index in [4.69, 9.17) is 0 Å². The number of fused-ring (bicyclic) bond motifs is 5. The molecule has 0 unspecified atom stereocenters. The molecule has 0 aliphatic carbocycles. The minimum atomic E-state index is -0.838. The van der Waals surface area contributed by atoms with Crippen LogP contribution < -0.4 is 0 Å². The molecule has 4 amide bonds. The molecule has 0 radical (unpaired) electrons. The van der Waals surface area contributed by atoms with Crippen molar-refractivity contribution in [3.63, 3.8) is 0 Å². The van der Waals surface area contributed by atoms with Crippen LogP contribution in [0.5, 0.6) is 0 Å². The van der Waals surface area contributed by atoms with Gasteiger partial charge in [-0.1, -0.05) is 121 Å². The standard InChI is InChI=1S/C36H30N4O4/c41-33-27-29(25-17-9-3-10-18-25)40-32-28(34(42)38(36(32)44)22-24-15-7-2-8-16-24)30(26-19-11-4-12-20-26)39(40)31(27)35(43)37(33)21-23-13-5-1-6-14-23/h1-20,27-32H,21-22H2/t27-,28-,29-,30+,31+,32+/m0/s1. The lowest BCUT2D eigenvalue weighted by Gasteiger charge is -2.35. The van der Waals surface area contributed by atoms with E-state index in [-0.39, 0.29) is 36.7 Å². The molecule has 0 bridgehead atoms. The lowest BCUT2D eigenvalue weighted by Crippen LogP contribution is -2.49. The van der Waals surface area contributed by atoms with Crippen molar-refractivity contribution < 1.29 is 19.2 Å². The summed E-state index contributed by atoms with van der Waals surface area (Å²) in [5.41, 5.74) is 3.40. The van der Waals surface area contributed by atoms with E-state index < -0.39 is 36.0 Å². The Bertz CT molecular complexity index is 1620. The van der Waals surface area contributed by atoms with Crippen LogP contribution in [0.3, 0.4) is 0 Å². The van der Waals surface area contributed by atoms with Gasteiger partial charge in [0, 0.05) is 0 Å². The molecular weight excluding hydrogens is 552 g/mol. The van der Waals surface area contributed by atoms with Crippen LogP contribution in [0, 0.1) is 11.8 Å². The third-order valence-corrected chi connectivity index (χ3v) is 9.56. The maximum Gasteiger partial charge on any atom is 0.249 e. The van der Waals surface area contributed by atoms with Gasteiger partial charge in [-0.25, -0.2) is 10.0 Å². The van der Waals surface area contributed by atoms with Gasteiger partial charge in [-0.3, -0.25) is 29.0 Å².